The van der Waals surface area contributed by atoms with E-state index in [0.29, 0.717) is 6.04 Å². The molecule has 2 aromatic carbocycles. The van der Waals surface area contributed by atoms with Gasteiger partial charge in [0.05, 0.1) is 28.4 Å². The molecule has 2 aromatic heterocycles. The van der Waals surface area contributed by atoms with Gasteiger partial charge in [-0.2, -0.15) is 0 Å². The summed E-state index contributed by atoms with van der Waals surface area (Å²) >= 11 is 6.41. The van der Waals surface area contributed by atoms with E-state index in [4.69, 9.17) is 16.6 Å². The SMILES string of the molecule is Cc1cn(-c2cccc3c2CC(N2CCc4nc(-c5ccccc5Cl)[nH]c4C2)CC3)cn1. The predicted molar refractivity (Wildman–Crippen MR) is 127 cm³/mol. The number of benzene rings is 2. The lowest BCUT2D eigenvalue weighted by atomic mass is 9.85. The van der Waals surface area contributed by atoms with Crippen molar-refractivity contribution in [1.29, 1.82) is 0 Å². The van der Waals surface area contributed by atoms with E-state index in [1.165, 1.54) is 34.6 Å². The van der Waals surface area contributed by atoms with Crippen LogP contribution in [0.2, 0.25) is 5.02 Å². The van der Waals surface area contributed by atoms with Crippen LogP contribution < -0.4 is 0 Å². The zero-order valence-corrected chi connectivity index (χ0v) is 18.9. The van der Waals surface area contributed by atoms with Crippen LogP contribution in [0.5, 0.6) is 0 Å². The lowest BCUT2D eigenvalue weighted by Gasteiger charge is -2.37. The number of nitrogens with zero attached hydrogens (tertiary/aromatic N) is 4. The van der Waals surface area contributed by atoms with Crippen LogP contribution in [-0.4, -0.2) is 37.0 Å². The van der Waals surface area contributed by atoms with Crippen LogP contribution in [0.4, 0.5) is 0 Å². The van der Waals surface area contributed by atoms with Crippen molar-refractivity contribution in [2.45, 2.75) is 45.2 Å². The molecule has 0 amide bonds. The average Bonchev–Trinajstić information content (AvgIpc) is 3.44. The highest BCUT2D eigenvalue weighted by molar-refractivity contribution is 6.33. The van der Waals surface area contributed by atoms with Gasteiger partial charge in [-0.15, -0.1) is 0 Å². The number of nitrogens with one attached hydrogen (secondary N) is 1. The molecular formula is C26H26ClN5. The van der Waals surface area contributed by atoms with Gasteiger partial charge in [-0.25, -0.2) is 9.97 Å². The zero-order chi connectivity index (χ0) is 21.7. The third-order valence-electron chi connectivity index (χ3n) is 6.93. The fourth-order valence-corrected chi connectivity index (χ4v) is 5.49. The minimum absolute atomic E-state index is 0.536. The van der Waals surface area contributed by atoms with Crippen molar-refractivity contribution >= 4 is 11.6 Å². The van der Waals surface area contributed by atoms with Crippen LogP contribution in [0.15, 0.2) is 55.0 Å². The standard InChI is InChI=1S/C26H26ClN5/c1-17-14-32(16-28-17)25-8-4-5-18-9-10-19(13-21(18)25)31-12-11-23-24(15-31)30-26(29-23)20-6-2-3-7-22(20)27/h2-8,14,16,19H,9-13,15H2,1H3,(H,29,30). The second-order valence-corrected chi connectivity index (χ2v) is 9.35. The maximum atomic E-state index is 6.41. The van der Waals surface area contributed by atoms with E-state index in [0.717, 1.165) is 54.5 Å². The fraction of sp³-hybridized carbons (Fsp3) is 0.308. The van der Waals surface area contributed by atoms with Gasteiger partial charge >= 0.3 is 0 Å². The minimum atomic E-state index is 0.536. The number of imidazole rings is 2. The van der Waals surface area contributed by atoms with Crippen molar-refractivity contribution in [3.8, 4) is 17.1 Å². The number of H-pyrrole nitrogens is 1. The van der Waals surface area contributed by atoms with E-state index in [1.54, 1.807) is 0 Å². The third-order valence-corrected chi connectivity index (χ3v) is 7.26. The highest BCUT2D eigenvalue weighted by Gasteiger charge is 2.30. The molecule has 4 aromatic rings. The molecule has 5 nitrogen and oxygen atoms in total. The molecule has 1 aliphatic heterocycles. The minimum Gasteiger partial charge on any atom is -0.340 e. The summed E-state index contributed by atoms with van der Waals surface area (Å²) in [6, 6.07) is 15.1. The fourth-order valence-electron chi connectivity index (χ4n) is 5.26. The zero-order valence-electron chi connectivity index (χ0n) is 18.2. The van der Waals surface area contributed by atoms with Gasteiger partial charge in [0.2, 0.25) is 0 Å². The van der Waals surface area contributed by atoms with Crippen LogP contribution in [0.1, 0.15) is 34.6 Å². The van der Waals surface area contributed by atoms with Gasteiger partial charge in [0, 0.05) is 43.0 Å². The number of rotatable bonds is 3. The summed E-state index contributed by atoms with van der Waals surface area (Å²) in [5.74, 6) is 0.884. The van der Waals surface area contributed by atoms with Crippen LogP contribution in [0.3, 0.4) is 0 Å². The molecule has 0 saturated carbocycles. The molecule has 32 heavy (non-hydrogen) atoms. The first kappa shape index (κ1) is 19.8. The Kier molecular flexibility index (Phi) is 4.89. The summed E-state index contributed by atoms with van der Waals surface area (Å²) in [5, 5.41) is 0.738. The van der Waals surface area contributed by atoms with Gasteiger partial charge < -0.3 is 9.55 Å². The second-order valence-electron chi connectivity index (χ2n) is 8.94. The van der Waals surface area contributed by atoms with Crippen molar-refractivity contribution in [2.24, 2.45) is 0 Å². The maximum absolute atomic E-state index is 6.41. The number of hydrogen-bond acceptors (Lipinski definition) is 3. The Morgan fingerprint density at radius 1 is 1.09 bits per heavy atom. The summed E-state index contributed by atoms with van der Waals surface area (Å²) in [5.41, 5.74) is 8.65. The Bertz CT molecular complexity index is 1290. The molecule has 0 spiro atoms. The summed E-state index contributed by atoms with van der Waals surface area (Å²) < 4.78 is 2.18. The van der Waals surface area contributed by atoms with Gasteiger partial charge in [-0.1, -0.05) is 35.9 Å². The van der Waals surface area contributed by atoms with Gasteiger partial charge in [0.25, 0.3) is 0 Å². The lowest BCUT2D eigenvalue weighted by molar-refractivity contribution is 0.160. The van der Waals surface area contributed by atoms with Gasteiger partial charge in [-0.05, 0) is 55.5 Å². The highest BCUT2D eigenvalue weighted by atomic mass is 35.5. The van der Waals surface area contributed by atoms with E-state index < -0.39 is 0 Å². The van der Waals surface area contributed by atoms with E-state index >= 15 is 0 Å². The lowest BCUT2D eigenvalue weighted by Crippen LogP contribution is -2.42. The van der Waals surface area contributed by atoms with Crippen LogP contribution in [0.25, 0.3) is 17.1 Å². The molecule has 1 unspecified atom stereocenters. The highest BCUT2D eigenvalue weighted by Crippen LogP contribution is 2.33. The van der Waals surface area contributed by atoms with Crippen LogP contribution >= 0.6 is 11.6 Å². The summed E-state index contributed by atoms with van der Waals surface area (Å²) in [4.78, 5) is 15.5. The molecule has 162 valence electrons. The number of aromatic nitrogens is 4. The van der Waals surface area contributed by atoms with Gasteiger partial charge in [0.15, 0.2) is 0 Å². The molecule has 1 atom stereocenters. The summed E-state index contributed by atoms with van der Waals surface area (Å²) in [6.45, 7) is 4.01. The third kappa shape index (κ3) is 3.46. The Balaban J connectivity index is 1.26. The van der Waals surface area contributed by atoms with Crippen LogP contribution in [0, 0.1) is 6.92 Å². The molecule has 2 aliphatic rings. The summed E-state index contributed by atoms with van der Waals surface area (Å²) in [7, 11) is 0. The number of aryl methyl sites for hydroxylation is 2. The Morgan fingerprint density at radius 2 is 2.00 bits per heavy atom. The quantitative estimate of drug-likeness (QED) is 0.477. The first-order valence-electron chi connectivity index (χ1n) is 11.3. The normalized spacial score (nSPS) is 18.4. The second kappa shape index (κ2) is 7.91. The average molecular weight is 444 g/mol. The first-order chi connectivity index (χ1) is 15.7. The number of hydrogen-bond donors (Lipinski definition) is 1. The summed E-state index contributed by atoms with van der Waals surface area (Å²) in [6.07, 6.45) is 8.42. The molecule has 0 fully saturated rings. The first-order valence-corrected chi connectivity index (χ1v) is 11.7. The van der Waals surface area contributed by atoms with E-state index in [-0.39, 0.29) is 0 Å². The van der Waals surface area contributed by atoms with Crippen molar-refractivity contribution < 1.29 is 0 Å². The van der Waals surface area contributed by atoms with E-state index in [1.807, 2.05) is 37.5 Å². The smallest absolute Gasteiger partial charge is 0.139 e. The monoisotopic (exact) mass is 443 g/mol. The van der Waals surface area contributed by atoms with E-state index in [2.05, 4.69) is 43.8 Å². The molecule has 0 radical (unpaired) electrons. The maximum Gasteiger partial charge on any atom is 0.139 e. The Morgan fingerprint density at radius 3 is 2.84 bits per heavy atom. The Hall–Kier alpha value is -2.89. The largest absolute Gasteiger partial charge is 0.340 e. The van der Waals surface area contributed by atoms with Crippen molar-refractivity contribution in [3.63, 3.8) is 0 Å². The van der Waals surface area contributed by atoms with Gasteiger partial charge in [0.1, 0.15) is 5.82 Å². The Labute approximate surface area is 193 Å². The number of fused-ring (bicyclic) bond motifs is 2. The molecule has 0 bridgehead atoms. The number of halogens is 1. The number of aromatic amines is 1. The molecule has 3 heterocycles. The van der Waals surface area contributed by atoms with Crippen molar-refractivity contribution in [3.05, 3.63) is 88.2 Å². The molecule has 6 heteroatoms. The molecular weight excluding hydrogens is 418 g/mol. The van der Waals surface area contributed by atoms with Gasteiger partial charge in [-0.3, -0.25) is 4.90 Å². The molecule has 1 aliphatic carbocycles. The molecule has 1 N–H and O–H groups in total. The van der Waals surface area contributed by atoms with E-state index in [9.17, 15) is 0 Å². The van der Waals surface area contributed by atoms with Crippen molar-refractivity contribution in [1.82, 2.24) is 24.4 Å². The molecule has 6 rings (SSSR count). The van der Waals surface area contributed by atoms with Crippen molar-refractivity contribution in [2.75, 3.05) is 6.54 Å². The predicted octanol–water partition coefficient (Wildman–Crippen LogP) is 5.14. The topological polar surface area (TPSA) is 49.7 Å². The molecule has 0 saturated heterocycles. The van der Waals surface area contributed by atoms with Crippen LogP contribution in [-0.2, 0) is 25.8 Å².